The first-order valence-corrected chi connectivity index (χ1v) is 8.79. The largest absolute Gasteiger partial charge is 0.497 e. The molecule has 0 N–H and O–H groups in total. The fourth-order valence-electron chi connectivity index (χ4n) is 2.70. The van der Waals surface area contributed by atoms with Gasteiger partial charge in [-0.1, -0.05) is 11.8 Å². The van der Waals surface area contributed by atoms with Gasteiger partial charge >= 0.3 is 0 Å². The predicted octanol–water partition coefficient (Wildman–Crippen LogP) is 4.07. The molecule has 0 unspecified atom stereocenters. The van der Waals surface area contributed by atoms with Gasteiger partial charge in [-0.3, -0.25) is 9.59 Å². The van der Waals surface area contributed by atoms with Crippen molar-refractivity contribution in [2.75, 3.05) is 14.2 Å². The number of methoxy groups -OCH3 is 2. The fraction of sp³-hybridized carbons (Fsp3) is 0.100. The van der Waals surface area contributed by atoms with Crippen LogP contribution in [-0.4, -0.2) is 14.2 Å². The van der Waals surface area contributed by atoms with Crippen molar-refractivity contribution >= 4 is 33.7 Å². The SMILES string of the molecule is COc1ccc2c(=O)c(Sc3coc4cc(OC)ccc4c3=O)coc2c1. The number of fused-ring (bicyclic) bond motifs is 2. The van der Waals surface area contributed by atoms with Crippen molar-refractivity contribution in [2.45, 2.75) is 9.79 Å². The average Bonchev–Trinajstić information content (AvgIpc) is 2.71. The first kappa shape index (κ1) is 17.2. The lowest BCUT2D eigenvalue weighted by Gasteiger charge is -2.05. The molecule has 2 heterocycles. The Labute approximate surface area is 157 Å². The van der Waals surface area contributed by atoms with E-state index in [2.05, 4.69) is 0 Å². The second-order valence-electron chi connectivity index (χ2n) is 5.68. The molecule has 0 aliphatic carbocycles. The first-order valence-electron chi connectivity index (χ1n) is 7.97. The summed E-state index contributed by atoms with van der Waals surface area (Å²) in [6, 6.07) is 9.93. The summed E-state index contributed by atoms with van der Waals surface area (Å²) in [7, 11) is 3.08. The summed E-state index contributed by atoms with van der Waals surface area (Å²) < 4.78 is 21.4. The molecule has 2 aromatic carbocycles. The highest BCUT2D eigenvalue weighted by molar-refractivity contribution is 7.99. The molecule has 136 valence electrons. The van der Waals surface area contributed by atoms with Gasteiger partial charge in [-0.05, 0) is 24.3 Å². The van der Waals surface area contributed by atoms with Crippen molar-refractivity contribution in [1.29, 1.82) is 0 Å². The molecular formula is C20H14O6S. The maximum atomic E-state index is 12.7. The zero-order valence-electron chi connectivity index (χ0n) is 14.5. The summed E-state index contributed by atoms with van der Waals surface area (Å²) in [4.78, 5) is 26.0. The van der Waals surface area contributed by atoms with Crippen molar-refractivity contribution in [2.24, 2.45) is 0 Å². The predicted molar refractivity (Wildman–Crippen MR) is 102 cm³/mol. The van der Waals surface area contributed by atoms with Crippen LogP contribution in [0, 0.1) is 0 Å². The van der Waals surface area contributed by atoms with E-state index in [1.165, 1.54) is 26.7 Å². The zero-order chi connectivity index (χ0) is 19.0. The smallest absolute Gasteiger partial charge is 0.206 e. The monoisotopic (exact) mass is 382 g/mol. The molecule has 2 aromatic heterocycles. The molecule has 27 heavy (non-hydrogen) atoms. The van der Waals surface area contributed by atoms with E-state index in [1.54, 1.807) is 36.4 Å². The molecule has 0 fully saturated rings. The van der Waals surface area contributed by atoms with Gasteiger partial charge in [0.15, 0.2) is 0 Å². The molecule has 0 spiro atoms. The number of benzene rings is 2. The molecule has 4 aromatic rings. The van der Waals surface area contributed by atoms with E-state index in [0.29, 0.717) is 43.2 Å². The first-order chi connectivity index (χ1) is 13.1. The Balaban J connectivity index is 1.78. The van der Waals surface area contributed by atoms with E-state index in [1.807, 2.05) is 0 Å². The van der Waals surface area contributed by atoms with Crippen LogP contribution in [0.15, 0.2) is 77.1 Å². The lowest BCUT2D eigenvalue weighted by atomic mass is 10.2. The van der Waals surface area contributed by atoms with Crippen molar-refractivity contribution in [3.8, 4) is 11.5 Å². The normalized spacial score (nSPS) is 11.0. The molecule has 7 heteroatoms. The van der Waals surface area contributed by atoms with Crippen molar-refractivity contribution in [3.05, 3.63) is 69.4 Å². The molecular weight excluding hydrogens is 368 g/mol. The summed E-state index contributed by atoms with van der Waals surface area (Å²) >= 11 is 1.02. The van der Waals surface area contributed by atoms with Crippen LogP contribution in [-0.2, 0) is 0 Å². The quantitative estimate of drug-likeness (QED) is 0.526. The molecule has 0 aliphatic rings. The minimum absolute atomic E-state index is 0.224. The third kappa shape index (κ3) is 3.06. The Morgan fingerprint density at radius 3 is 1.59 bits per heavy atom. The topological polar surface area (TPSA) is 78.9 Å². The third-order valence-electron chi connectivity index (χ3n) is 4.12. The van der Waals surface area contributed by atoms with Crippen LogP contribution in [0.25, 0.3) is 21.9 Å². The number of hydrogen-bond acceptors (Lipinski definition) is 7. The summed E-state index contributed by atoms with van der Waals surface area (Å²) in [5, 5.41) is 0.825. The molecule has 0 saturated heterocycles. The Hall–Kier alpha value is -3.19. The highest BCUT2D eigenvalue weighted by Crippen LogP contribution is 2.28. The zero-order valence-corrected chi connectivity index (χ0v) is 15.3. The standard InChI is InChI=1S/C20H14O6S/c1-23-11-3-5-13-15(7-11)25-9-17(19(13)21)27-18-10-26-16-8-12(24-2)4-6-14(16)20(18)22/h3-10H,1-2H3. The van der Waals surface area contributed by atoms with Gasteiger partial charge in [-0.25, -0.2) is 0 Å². The number of hydrogen-bond donors (Lipinski definition) is 0. The highest BCUT2D eigenvalue weighted by Gasteiger charge is 2.14. The van der Waals surface area contributed by atoms with Crippen LogP contribution in [0.2, 0.25) is 0 Å². The second kappa shape index (κ2) is 6.85. The molecule has 0 bridgehead atoms. The summed E-state index contributed by atoms with van der Waals surface area (Å²) in [6.45, 7) is 0. The van der Waals surface area contributed by atoms with Crippen LogP contribution >= 0.6 is 11.8 Å². The Kier molecular flexibility index (Phi) is 4.37. The maximum absolute atomic E-state index is 12.7. The minimum Gasteiger partial charge on any atom is -0.497 e. The molecule has 6 nitrogen and oxygen atoms in total. The maximum Gasteiger partial charge on any atom is 0.206 e. The second-order valence-corrected chi connectivity index (χ2v) is 6.77. The van der Waals surface area contributed by atoms with E-state index in [0.717, 1.165) is 11.8 Å². The van der Waals surface area contributed by atoms with E-state index in [-0.39, 0.29) is 10.9 Å². The Morgan fingerprint density at radius 2 is 1.19 bits per heavy atom. The Bertz CT molecular complexity index is 1170. The minimum atomic E-state index is -0.224. The van der Waals surface area contributed by atoms with Gasteiger partial charge in [-0.15, -0.1) is 0 Å². The molecule has 0 atom stereocenters. The van der Waals surface area contributed by atoms with Gasteiger partial charge in [0.1, 0.15) is 35.2 Å². The van der Waals surface area contributed by atoms with Gasteiger partial charge in [0.05, 0.1) is 34.8 Å². The number of ether oxygens (including phenoxy) is 2. The third-order valence-corrected chi connectivity index (χ3v) is 5.12. The van der Waals surface area contributed by atoms with E-state index >= 15 is 0 Å². The summed E-state index contributed by atoms with van der Waals surface area (Å²) in [5.74, 6) is 1.19. The van der Waals surface area contributed by atoms with Crippen LogP contribution in [0.5, 0.6) is 11.5 Å². The molecule has 0 amide bonds. The van der Waals surface area contributed by atoms with Gasteiger partial charge < -0.3 is 18.3 Å². The summed E-state index contributed by atoms with van der Waals surface area (Å²) in [6.07, 6.45) is 2.68. The lowest BCUT2D eigenvalue weighted by Crippen LogP contribution is -2.08. The van der Waals surface area contributed by atoms with E-state index in [4.69, 9.17) is 18.3 Å². The molecule has 0 aliphatic heterocycles. The Morgan fingerprint density at radius 1 is 0.741 bits per heavy atom. The van der Waals surface area contributed by atoms with Gasteiger partial charge in [-0.2, -0.15) is 0 Å². The van der Waals surface area contributed by atoms with Gasteiger partial charge in [0.25, 0.3) is 0 Å². The number of rotatable bonds is 4. The fourth-order valence-corrected chi connectivity index (χ4v) is 3.53. The van der Waals surface area contributed by atoms with Crippen molar-refractivity contribution in [3.63, 3.8) is 0 Å². The van der Waals surface area contributed by atoms with Crippen LogP contribution in [0.4, 0.5) is 0 Å². The molecule has 4 rings (SSSR count). The highest BCUT2D eigenvalue weighted by atomic mass is 32.2. The van der Waals surface area contributed by atoms with Gasteiger partial charge in [0, 0.05) is 12.1 Å². The van der Waals surface area contributed by atoms with E-state index in [9.17, 15) is 9.59 Å². The van der Waals surface area contributed by atoms with E-state index < -0.39 is 0 Å². The van der Waals surface area contributed by atoms with Crippen LogP contribution in [0.3, 0.4) is 0 Å². The lowest BCUT2D eigenvalue weighted by molar-refractivity contribution is 0.414. The average molecular weight is 382 g/mol. The summed E-state index contributed by atoms with van der Waals surface area (Å²) in [5.41, 5.74) is 0.388. The van der Waals surface area contributed by atoms with Crippen LogP contribution in [0.1, 0.15) is 0 Å². The molecule has 0 radical (unpaired) electrons. The van der Waals surface area contributed by atoms with Gasteiger partial charge in [0.2, 0.25) is 10.9 Å². The van der Waals surface area contributed by atoms with Crippen molar-refractivity contribution in [1.82, 2.24) is 0 Å². The van der Waals surface area contributed by atoms with Crippen molar-refractivity contribution < 1.29 is 18.3 Å². The molecule has 0 saturated carbocycles. The van der Waals surface area contributed by atoms with Crippen LogP contribution < -0.4 is 20.3 Å².